The van der Waals surface area contributed by atoms with Gasteiger partial charge in [0, 0.05) is 33.0 Å². The second-order valence-corrected chi connectivity index (χ2v) is 3.37. The van der Waals surface area contributed by atoms with Gasteiger partial charge in [0.1, 0.15) is 0 Å². The van der Waals surface area contributed by atoms with Gasteiger partial charge in [-0.05, 0) is 13.3 Å². The van der Waals surface area contributed by atoms with Gasteiger partial charge in [0.15, 0.2) is 11.6 Å². The van der Waals surface area contributed by atoms with E-state index in [1.807, 2.05) is 14.0 Å². The molecular weight excluding hydrogens is 180 g/mol. The Morgan fingerprint density at radius 1 is 1.71 bits per heavy atom. The number of Topliss-reactive ketones (excluding diaryl/α,β-unsaturated/α-hetero) is 1. The van der Waals surface area contributed by atoms with Crippen LogP contribution in [0.4, 0.5) is 0 Å². The molecule has 1 heterocycles. The number of imidazole rings is 1. The van der Waals surface area contributed by atoms with Crippen LogP contribution in [0, 0.1) is 0 Å². The summed E-state index contributed by atoms with van der Waals surface area (Å²) in [6, 6.07) is 0. The maximum Gasteiger partial charge on any atom is 0.198 e. The smallest absolute Gasteiger partial charge is 0.198 e. The molecule has 14 heavy (non-hydrogen) atoms. The van der Waals surface area contributed by atoms with Crippen LogP contribution in [0.1, 0.15) is 30.4 Å². The van der Waals surface area contributed by atoms with Gasteiger partial charge in [-0.1, -0.05) is 0 Å². The summed E-state index contributed by atoms with van der Waals surface area (Å²) in [6.07, 6.45) is 4.75. The molecule has 1 atom stereocenters. The fraction of sp³-hybridized carbons (Fsp3) is 0.600. The largest absolute Gasteiger partial charge is 0.382 e. The fourth-order valence-corrected chi connectivity index (χ4v) is 1.20. The lowest BCUT2D eigenvalue weighted by Gasteiger charge is -2.07. The van der Waals surface area contributed by atoms with E-state index in [0.29, 0.717) is 12.2 Å². The molecule has 0 saturated heterocycles. The Morgan fingerprint density at radius 2 is 2.43 bits per heavy atom. The first-order chi connectivity index (χ1) is 6.65. The van der Waals surface area contributed by atoms with E-state index in [4.69, 9.17) is 4.74 Å². The van der Waals surface area contributed by atoms with E-state index in [2.05, 4.69) is 4.98 Å². The van der Waals surface area contributed by atoms with E-state index in [9.17, 15) is 4.79 Å². The zero-order chi connectivity index (χ0) is 10.6. The Bertz CT molecular complexity index is 307. The lowest BCUT2D eigenvalue weighted by molar-refractivity contribution is 0.0867. The first-order valence-electron chi connectivity index (χ1n) is 4.68. The van der Waals surface area contributed by atoms with E-state index < -0.39 is 0 Å². The van der Waals surface area contributed by atoms with E-state index in [0.717, 1.165) is 6.42 Å². The van der Waals surface area contributed by atoms with Crippen molar-refractivity contribution in [3.05, 3.63) is 18.2 Å². The molecule has 0 aliphatic heterocycles. The summed E-state index contributed by atoms with van der Waals surface area (Å²) in [5.74, 6) is 0.592. The van der Waals surface area contributed by atoms with Crippen molar-refractivity contribution in [2.75, 3.05) is 7.11 Å². The van der Waals surface area contributed by atoms with Crippen LogP contribution in [0.25, 0.3) is 0 Å². The van der Waals surface area contributed by atoms with Crippen LogP contribution in [0.2, 0.25) is 0 Å². The van der Waals surface area contributed by atoms with Gasteiger partial charge >= 0.3 is 0 Å². The normalized spacial score (nSPS) is 12.8. The fourth-order valence-electron chi connectivity index (χ4n) is 1.20. The third kappa shape index (κ3) is 2.67. The van der Waals surface area contributed by atoms with Crippen molar-refractivity contribution in [1.82, 2.24) is 9.55 Å². The van der Waals surface area contributed by atoms with Crippen molar-refractivity contribution in [3.63, 3.8) is 0 Å². The SMILES string of the molecule is COC(C)CCC(=O)c1nccn1C. The monoisotopic (exact) mass is 196 g/mol. The second kappa shape index (κ2) is 4.91. The van der Waals surface area contributed by atoms with Gasteiger partial charge in [0.25, 0.3) is 0 Å². The van der Waals surface area contributed by atoms with Crippen molar-refractivity contribution in [1.29, 1.82) is 0 Å². The minimum Gasteiger partial charge on any atom is -0.382 e. The molecule has 0 aliphatic carbocycles. The highest BCUT2D eigenvalue weighted by Gasteiger charge is 2.12. The molecule has 1 aromatic rings. The maximum absolute atomic E-state index is 11.6. The first kappa shape index (κ1) is 10.9. The maximum atomic E-state index is 11.6. The van der Waals surface area contributed by atoms with E-state index in [1.165, 1.54) is 0 Å². The Labute approximate surface area is 83.9 Å². The number of carbonyl (C=O) groups is 1. The number of methoxy groups -OCH3 is 1. The number of hydrogen-bond acceptors (Lipinski definition) is 3. The highest BCUT2D eigenvalue weighted by atomic mass is 16.5. The molecule has 1 aromatic heterocycles. The number of ketones is 1. The van der Waals surface area contributed by atoms with Gasteiger partial charge in [-0.3, -0.25) is 4.79 Å². The molecular formula is C10H16N2O2. The summed E-state index contributed by atoms with van der Waals surface area (Å²) in [5, 5.41) is 0. The Balaban J connectivity index is 2.47. The topological polar surface area (TPSA) is 44.1 Å². The van der Waals surface area contributed by atoms with Gasteiger partial charge in [0.05, 0.1) is 6.10 Å². The molecule has 1 unspecified atom stereocenters. The summed E-state index contributed by atoms with van der Waals surface area (Å²) < 4.78 is 6.80. The van der Waals surface area contributed by atoms with Crippen molar-refractivity contribution >= 4 is 5.78 Å². The molecule has 0 amide bonds. The van der Waals surface area contributed by atoms with Crippen molar-refractivity contribution < 1.29 is 9.53 Å². The number of hydrogen-bond donors (Lipinski definition) is 0. The van der Waals surface area contributed by atoms with E-state index >= 15 is 0 Å². The van der Waals surface area contributed by atoms with E-state index in [-0.39, 0.29) is 11.9 Å². The van der Waals surface area contributed by atoms with Crippen LogP contribution in [-0.2, 0) is 11.8 Å². The van der Waals surface area contributed by atoms with Crippen molar-refractivity contribution in [2.24, 2.45) is 7.05 Å². The summed E-state index contributed by atoms with van der Waals surface area (Å²) >= 11 is 0. The van der Waals surface area contributed by atoms with Gasteiger partial charge in [-0.2, -0.15) is 0 Å². The Hall–Kier alpha value is -1.16. The molecule has 0 radical (unpaired) electrons. The summed E-state index contributed by atoms with van der Waals surface area (Å²) in [4.78, 5) is 15.6. The molecule has 4 nitrogen and oxygen atoms in total. The molecule has 1 rings (SSSR count). The lowest BCUT2D eigenvalue weighted by atomic mass is 10.1. The number of ether oxygens (including phenoxy) is 1. The summed E-state index contributed by atoms with van der Waals surface area (Å²) in [5.41, 5.74) is 0. The van der Waals surface area contributed by atoms with Crippen molar-refractivity contribution in [3.8, 4) is 0 Å². The summed E-state index contributed by atoms with van der Waals surface area (Å²) in [6.45, 7) is 1.95. The number of rotatable bonds is 5. The Kier molecular flexibility index (Phi) is 3.83. The molecule has 78 valence electrons. The van der Waals surface area contributed by atoms with Gasteiger partial charge in [-0.25, -0.2) is 4.98 Å². The van der Waals surface area contributed by atoms with Crippen LogP contribution in [0.5, 0.6) is 0 Å². The molecule has 0 fully saturated rings. The highest BCUT2D eigenvalue weighted by molar-refractivity contribution is 5.92. The molecule has 0 saturated carbocycles. The standard InChI is InChI=1S/C10H16N2O2/c1-8(14-3)4-5-9(13)10-11-6-7-12(10)2/h6-8H,4-5H2,1-3H3. The van der Waals surface area contributed by atoms with Crippen LogP contribution in [0.15, 0.2) is 12.4 Å². The molecule has 0 N–H and O–H groups in total. The van der Waals surface area contributed by atoms with Gasteiger partial charge in [0.2, 0.25) is 0 Å². The average molecular weight is 196 g/mol. The third-order valence-corrected chi connectivity index (χ3v) is 2.25. The zero-order valence-corrected chi connectivity index (χ0v) is 8.86. The lowest BCUT2D eigenvalue weighted by Crippen LogP contribution is -2.11. The molecule has 4 heteroatoms. The first-order valence-corrected chi connectivity index (χ1v) is 4.68. The van der Waals surface area contributed by atoms with Crippen LogP contribution in [0.3, 0.4) is 0 Å². The molecule has 0 bridgehead atoms. The number of aryl methyl sites for hydroxylation is 1. The van der Waals surface area contributed by atoms with Gasteiger partial charge in [-0.15, -0.1) is 0 Å². The van der Waals surface area contributed by atoms with Crippen LogP contribution in [-0.4, -0.2) is 28.5 Å². The summed E-state index contributed by atoms with van der Waals surface area (Å²) in [7, 11) is 3.47. The number of nitrogens with zero attached hydrogens (tertiary/aromatic N) is 2. The minimum atomic E-state index is 0.0707. The van der Waals surface area contributed by atoms with Crippen LogP contribution < -0.4 is 0 Å². The van der Waals surface area contributed by atoms with Crippen molar-refractivity contribution in [2.45, 2.75) is 25.9 Å². The van der Waals surface area contributed by atoms with Crippen LogP contribution >= 0.6 is 0 Å². The molecule has 0 aromatic carbocycles. The number of aromatic nitrogens is 2. The van der Waals surface area contributed by atoms with Gasteiger partial charge < -0.3 is 9.30 Å². The highest BCUT2D eigenvalue weighted by Crippen LogP contribution is 2.06. The second-order valence-electron chi connectivity index (χ2n) is 3.37. The number of carbonyl (C=O) groups excluding carboxylic acids is 1. The zero-order valence-electron chi connectivity index (χ0n) is 8.86. The predicted octanol–water partition coefficient (Wildman–Crippen LogP) is 1.42. The minimum absolute atomic E-state index is 0.0707. The Morgan fingerprint density at radius 3 is 2.93 bits per heavy atom. The molecule has 0 spiro atoms. The molecule has 0 aliphatic rings. The van der Waals surface area contributed by atoms with E-state index in [1.54, 1.807) is 24.1 Å². The predicted molar refractivity (Wildman–Crippen MR) is 53.2 cm³/mol. The average Bonchev–Trinajstić information content (AvgIpc) is 2.60. The quantitative estimate of drug-likeness (QED) is 0.669. The third-order valence-electron chi connectivity index (χ3n) is 2.25.